The van der Waals surface area contributed by atoms with Crippen molar-refractivity contribution < 1.29 is 9.53 Å². The van der Waals surface area contributed by atoms with Gasteiger partial charge in [-0.05, 0) is 48.2 Å². The number of carbonyl (C=O) groups is 1. The topological polar surface area (TPSA) is 63.6 Å². The lowest BCUT2D eigenvalue weighted by Gasteiger charge is -2.25. The summed E-state index contributed by atoms with van der Waals surface area (Å²) >= 11 is 7.08. The van der Waals surface area contributed by atoms with Crippen molar-refractivity contribution in [3.63, 3.8) is 0 Å². The minimum absolute atomic E-state index is 0.0600. The average molecular weight is 408 g/mol. The monoisotopic (exact) mass is 407 g/mol. The molecule has 8 heteroatoms. The number of nitrogens with one attached hydrogen (secondary N) is 1. The van der Waals surface area contributed by atoms with Gasteiger partial charge in [0.25, 0.3) is 5.56 Å². The molecule has 0 amide bonds. The van der Waals surface area contributed by atoms with Crippen molar-refractivity contribution in [3.05, 3.63) is 46.2 Å². The molecule has 0 unspecified atom stereocenters. The van der Waals surface area contributed by atoms with E-state index in [1.165, 1.54) is 7.11 Å². The van der Waals surface area contributed by atoms with Crippen LogP contribution in [0.4, 0.5) is 0 Å². The quantitative estimate of drug-likeness (QED) is 0.557. The first-order chi connectivity index (χ1) is 12.9. The maximum absolute atomic E-state index is 12.7. The van der Waals surface area contributed by atoms with Crippen LogP contribution in [-0.4, -0.2) is 52.8 Å². The number of rotatable bonds is 7. The number of para-hydroxylation sites is 1. The van der Waals surface area contributed by atoms with Gasteiger partial charge in [0.2, 0.25) is 0 Å². The number of thioether (sulfide) groups is 1. The molecule has 0 fully saturated rings. The molecule has 6 nitrogen and oxygen atoms in total. The lowest BCUT2D eigenvalue weighted by Crippen LogP contribution is -2.47. The number of ether oxygens (including phenoxy) is 1. The highest BCUT2D eigenvalue weighted by atomic mass is 32.2. The summed E-state index contributed by atoms with van der Waals surface area (Å²) in [6, 6.07) is 9.14. The number of benzene rings is 1. The molecule has 1 heterocycles. The van der Waals surface area contributed by atoms with Crippen LogP contribution in [-0.2, 0) is 23.1 Å². The van der Waals surface area contributed by atoms with E-state index in [4.69, 9.17) is 17.0 Å². The van der Waals surface area contributed by atoms with Crippen molar-refractivity contribution in [1.29, 1.82) is 0 Å². The van der Waals surface area contributed by atoms with Crippen molar-refractivity contribution in [2.45, 2.75) is 19.0 Å². The van der Waals surface area contributed by atoms with Crippen molar-refractivity contribution in [3.8, 4) is 0 Å². The summed E-state index contributed by atoms with van der Waals surface area (Å²) < 4.78 is 6.49. The van der Waals surface area contributed by atoms with Crippen LogP contribution in [0.1, 0.15) is 12.0 Å². The number of fused-ring (bicyclic) bond motifs is 1. The third-order valence-corrected chi connectivity index (χ3v) is 5.43. The fraction of sp³-hybridized carbons (Fsp3) is 0.421. The zero-order chi connectivity index (χ0) is 20.0. The Bertz CT molecular complexity index is 882. The fourth-order valence-corrected chi connectivity index (χ4v) is 3.49. The number of hydrogen-bond donors (Lipinski definition) is 1. The number of hydrogen-bond acceptors (Lipinski definition) is 5. The Hall–Kier alpha value is -2.06. The van der Waals surface area contributed by atoms with Crippen LogP contribution in [0.5, 0.6) is 0 Å². The molecule has 0 aliphatic carbocycles. The van der Waals surface area contributed by atoms with Gasteiger partial charge >= 0.3 is 5.97 Å². The van der Waals surface area contributed by atoms with E-state index in [0.29, 0.717) is 23.6 Å². The molecule has 1 N–H and O–H groups in total. The largest absolute Gasteiger partial charge is 0.467 e. The third kappa shape index (κ3) is 5.23. The van der Waals surface area contributed by atoms with Crippen LogP contribution in [0.3, 0.4) is 0 Å². The Labute approximate surface area is 168 Å². The summed E-state index contributed by atoms with van der Waals surface area (Å²) in [4.78, 5) is 26.4. The van der Waals surface area contributed by atoms with Crippen molar-refractivity contribution in [2.75, 3.05) is 26.2 Å². The number of pyridine rings is 1. The van der Waals surface area contributed by atoms with Gasteiger partial charge < -0.3 is 19.5 Å². The Morgan fingerprint density at radius 3 is 2.78 bits per heavy atom. The summed E-state index contributed by atoms with van der Waals surface area (Å²) in [5.74, 6) is 0.464. The first-order valence-corrected chi connectivity index (χ1v) is 10.3. The molecule has 2 rings (SSSR count). The van der Waals surface area contributed by atoms with E-state index >= 15 is 0 Å². The number of esters is 1. The minimum Gasteiger partial charge on any atom is -0.467 e. The minimum atomic E-state index is -0.503. The van der Waals surface area contributed by atoms with Crippen LogP contribution in [0, 0.1) is 0 Å². The number of aryl methyl sites for hydroxylation is 1. The van der Waals surface area contributed by atoms with E-state index in [1.807, 2.05) is 36.6 Å². The molecule has 1 atom stereocenters. The first kappa shape index (κ1) is 21.2. The van der Waals surface area contributed by atoms with E-state index in [-0.39, 0.29) is 11.5 Å². The van der Waals surface area contributed by atoms with E-state index in [1.54, 1.807) is 35.3 Å². The highest BCUT2D eigenvalue weighted by Crippen LogP contribution is 2.13. The average Bonchev–Trinajstić information content (AvgIpc) is 2.68. The van der Waals surface area contributed by atoms with E-state index in [9.17, 15) is 9.59 Å². The van der Waals surface area contributed by atoms with E-state index in [2.05, 4.69) is 5.32 Å². The smallest absolute Gasteiger partial charge is 0.328 e. The normalized spacial score (nSPS) is 11.9. The van der Waals surface area contributed by atoms with Crippen LogP contribution in [0.2, 0.25) is 0 Å². The third-order valence-electron chi connectivity index (χ3n) is 4.36. The maximum atomic E-state index is 12.7. The molecule has 1 aromatic heterocycles. The summed E-state index contributed by atoms with van der Waals surface area (Å²) in [6.07, 6.45) is 2.59. The number of nitrogens with zero attached hydrogens (tertiary/aromatic N) is 2. The highest BCUT2D eigenvalue weighted by Gasteiger charge is 2.21. The molecule has 0 radical (unpaired) electrons. The zero-order valence-corrected chi connectivity index (χ0v) is 17.7. The van der Waals surface area contributed by atoms with Gasteiger partial charge in [0.05, 0.1) is 19.2 Å². The van der Waals surface area contributed by atoms with E-state index < -0.39 is 6.04 Å². The Morgan fingerprint density at radius 2 is 2.11 bits per heavy atom. The molecular weight excluding hydrogens is 382 g/mol. The molecule has 0 spiro atoms. The molecular formula is C19H25N3O3S2. The van der Waals surface area contributed by atoms with Crippen LogP contribution < -0.4 is 10.9 Å². The van der Waals surface area contributed by atoms with Crippen molar-refractivity contribution >= 4 is 46.0 Å². The van der Waals surface area contributed by atoms with Gasteiger partial charge in [0.15, 0.2) is 5.11 Å². The van der Waals surface area contributed by atoms with Crippen LogP contribution in [0.25, 0.3) is 10.9 Å². The van der Waals surface area contributed by atoms with Gasteiger partial charge in [-0.3, -0.25) is 4.79 Å². The predicted molar refractivity (Wildman–Crippen MR) is 115 cm³/mol. The lowest BCUT2D eigenvalue weighted by molar-refractivity contribution is -0.142. The van der Waals surface area contributed by atoms with Gasteiger partial charge in [-0.1, -0.05) is 18.2 Å². The lowest BCUT2D eigenvalue weighted by atomic mass is 10.1. The molecule has 146 valence electrons. The Kier molecular flexibility index (Phi) is 7.67. The van der Waals surface area contributed by atoms with Crippen molar-refractivity contribution in [2.24, 2.45) is 7.05 Å². The second-order valence-electron chi connectivity index (χ2n) is 6.26. The Morgan fingerprint density at radius 1 is 1.41 bits per heavy atom. The SMILES string of the molecule is COC(=O)[C@@H](CCSC)NC(=S)N(C)Cc1cc2ccccc2n(C)c1=O. The molecule has 1 aromatic carbocycles. The molecule has 27 heavy (non-hydrogen) atoms. The molecule has 0 bridgehead atoms. The van der Waals surface area contributed by atoms with Gasteiger partial charge in [-0.15, -0.1) is 0 Å². The molecule has 0 saturated carbocycles. The fourth-order valence-electron chi connectivity index (χ4n) is 2.82. The maximum Gasteiger partial charge on any atom is 0.328 e. The van der Waals surface area contributed by atoms with Gasteiger partial charge in [0, 0.05) is 19.7 Å². The van der Waals surface area contributed by atoms with Gasteiger partial charge in [-0.2, -0.15) is 11.8 Å². The van der Waals surface area contributed by atoms with E-state index in [0.717, 1.165) is 16.7 Å². The van der Waals surface area contributed by atoms with Gasteiger partial charge in [0.1, 0.15) is 6.04 Å². The molecule has 2 aromatic rings. The standard InChI is InChI=1S/C19H25N3O3S2/c1-21(19(26)20-15(9-10-27-4)18(24)25-3)12-14-11-13-7-5-6-8-16(13)22(2)17(14)23/h5-8,11,15H,9-10,12H2,1-4H3,(H,20,26)/t15-/m1/s1. The summed E-state index contributed by atoms with van der Waals surface area (Å²) in [5, 5.41) is 4.45. The molecule has 0 saturated heterocycles. The summed E-state index contributed by atoms with van der Waals surface area (Å²) in [7, 11) is 4.93. The predicted octanol–water partition coefficient (Wildman–Crippen LogP) is 2.14. The summed E-state index contributed by atoms with van der Waals surface area (Å²) in [5.41, 5.74) is 1.47. The molecule has 0 aliphatic heterocycles. The second kappa shape index (κ2) is 9.75. The second-order valence-corrected chi connectivity index (χ2v) is 7.63. The first-order valence-electron chi connectivity index (χ1n) is 8.55. The van der Waals surface area contributed by atoms with Gasteiger partial charge in [-0.25, -0.2) is 4.79 Å². The number of methoxy groups -OCH3 is 1. The number of aromatic nitrogens is 1. The van der Waals surface area contributed by atoms with Crippen molar-refractivity contribution in [1.82, 2.24) is 14.8 Å². The number of carbonyl (C=O) groups excluding carboxylic acids is 1. The Balaban J connectivity index is 2.16. The van der Waals surface area contributed by atoms with Crippen LogP contribution in [0.15, 0.2) is 35.1 Å². The number of thiocarbonyl (C=S) groups is 1. The summed E-state index contributed by atoms with van der Waals surface area (Å²) in [6.45, 7) is 0.347. The zero-order valence-electron chi connectivity index (χ0n) is 16.0. The molecule has 0 aliphatic rings. The highest BCUT2D eigenvalue weighted by molar-refractivity contribution is 7.98. The van der Waals surface area contributed by atoms with Crippen LogP contribution >= 0.6 is 24.0 Å².